The Bertz CT molecular complexity index is 771. The van der Waals surface area contributed by atoms with Crippen LogP contribution in [0.15, 0.2) is 36.5 Å². The highest BCUT2D eigenvalue weighted by molar-refractivity contribution is 5.60. The van der Waals surface area contributed by atoms with Crippen LogP contribution in [0.2, 0.25) is 0 Å². The van der Waals surface area contributed by atoms with Crippen LogP contribution in [-0.2, 0) is 21.7 Å². The van der Waals surface area contributed by atoms with Crippen molar-refractivity contribution in [3.05, 3.63) is 47.8 Å². The average Bonchev–Trinajstić information content (AvgIpc) is 2.74. The molecule has 0 unspecified atom stereocenters. The van der Waals surface area contributed by atoms with E-state index in [0.717, 1.165) is 49.1 Å². The van der Waals surface area contributed by atoms with Gasteiger partial charge in [0, 0.05) is 13.3 Å². The van der Waals surface area contributed by atoms with E-state index < -0.39 is 0 Å². The molecule has 1 heterocycles. The predicted octanol–water partition coefficient (Wildman–Crippen LogP) is 4.09. The van der Waals surface area contributed by atoms with E-state index in [1.165, 1.54) is 12.0 Å². The molecule has 1 saturated carbocycles. The zero-order valence-electron chi connectivity index (χ0n) is 16.6. The van der Waals surface area contributed by atoms with E-state index in [9.17, 15) is 4.79 Å². The minimum absolute atomic E-state index is 0.0687. The number of aldehydes is 1. The highest BCUT2D eigenvalue weighted by Gasteiger charge is 2.34. The van der Waals surface area contributed by atoms with Gasteiger partial charge in [0.2, 0.25) is 0 Å². The van der Waals surface area contributed by atoms with Crippen molar-refractivity contribution in [1.82, 2.24) is 4.98 Å². The van der Waals surface area contributed by atoms with Crippen molar-refractivity contribution in [2.75, 3.05) is 26.1 Å². The molecule has 3 rings (SSSR count). The second kappa shape index (κ2) is 9.55. The van der Waals surface area contributed by atoms with Crippen LogP contribution in [0.25, 0.3) is 0 Å². The number of pyridine rings is 1. The van der Waals surface area contributed by atoms with Gasteiger partial charge in [-0.25, -0.2) is 0 Å². The van der Waals surface area contributed by atoms with Gasteiger partial charge in [0.1, 0.15) is 18.1 Å². The van der Waals surface area contributed by atoms with Gasteiger partial charge in [-0.15, -0.1) is 0 Å². The highest BCUT2D eigenvalue weighted by atomic mass is 16.5. The van der Waals surface area contributed by atoms with Crippen LogP contribution in [0, 0.1) is 0 Å². The number of nitrogens with one attached hydrogen (secondary N) is 1. The lowest BCUT2D eigenvalue weighted by Crippen LogP contribution is -2.37. The van der Waals surface area contributed by atoms with E-state index in [-0.39, 0.29) is 12.1 Å². The standard InChI is InChI=1S/C22H28N2O4/c1-26-16-20-21(27-2)19(10-13-23-20)24-22(11-4-3-5-12-22)17-6-8-18(9-7-17)28-15-14-25/h6-10,13-14H,3-5,11-12,15-16H2,1-2H3,(H,23,24). The van der Waals surface area contributed by atoms with Crippen molar-refractivity contribution in [2.45, 2.75) is 44.2 Å². The van der Waals surface area contributed by atoms with Crippen LogP contribution in [0.5, 0.6) is 11.5 Å². The first-order valence-corrected chi connectivity index (χ1v) is 9.68. The molecule has 2 aromatic rings. The van der Waals surface area contributed by atoms with Crippen LogP contribution < -0.4 is 14.8 Å². The molecule has 0 aliphatic heterocycles. The van der Waals surface area contributed by atoms with Crippen molar-refractivity contribution in [2.24, 2.45) is 0 Å². The molecule has 0 bridgehead atoms. The van der Waals surface area contributed by atoms with Crippen LogP contribution in [0.1, 0.15) is 43.4 Å². The van der Waals surface area contributed by atoms with Crippen LogP contribution >= 0.6 is 0 Å². The summed E-state index contributed by atoms with van der Waals surface area (Å²) >= 11 is 0. The molecule has 0 saturated heterocycles. The van der Waals surface area contributed by atoms with Crippen molar-refractivity contribution in [3.63, 3.8) is 0 Å². The lowest BCUT2D eigenvalue weighted by atomic mass is 9.76. The predicted molar refractivity (Wildman–Crippen MR) is 108 cm³/mol. The first-order chi connectivity index (χ1) is 13.7. The first kappa shape index (κ1) is 20.1. The van der Waals surface area contributed by atoms with Gasteiger partial charge in [-0.3, -0.25) is 9.78 Å². The monoisotopic (exact) mass is 384 g/mol. The number of ether oxygens (including phenoxy) is 3. The molecule has 1 aromatic heterocycles. The number of hydrogen-bond donors (Lipinski definition) is 1. The smallest absolute Gasteiger partial charge is 0.165 e. The summed E-state index contributed by atoms with van der Waals surface area (Å²) < 4.78 is 16.3. The van der Waals surface area contributed by atoms with Gasteiger partial charge in [-0.2, -0.15) is 0 Å². The third-order valence-electron chi connectivity index (χ3n) is 5.27. The van der Waals surface area contributed by atoms with Gasteiger partial charge in [0.25, 0.3) is 0 Å². The molecule has 0 radical (unpaired) electrons. The highest BCUT2D eigenvalue weighted by Crippen LogP contribution is 2.42. The third-order valence-corrected chi connectivity index (χ3v) is 5.27. The Morgan fingerprint density at radius 3 is 2.50 bits per heavy atom. The SMILES string of the molecule is COCc1nccc(NC2(c3ccc(OCC=O)cc3)CCCCC2)c1OC. The lowest BCUT2D eigenvalue weighted by molar-refractivity contribution is -0.109. The number of aromatic nitrogens is 1. The Morgan fingerprint density at radius 1 is 1.11 bits per heavy atom. The Balaban J connectivity index is 1.92. The molecule has 1 aliphatic rings. The number of rotatable bonds is 9. The van der Waals surface area contributed by atoms with Crippen LogP contribution in [0.4, 0.5) is 5.69 Å². The van der Waals surface area contributed by atoms with Crippen LogP contribution in [0.3, 0.4) is 0 Å². The van der Waals surface area contributed by atoms with Crippen molar-refractivity contribution >= 4 is 12.0 Å². The maximum absolute atomic E-state index is 10.5. The van der Waals surface area contributed by atoms with E-state index in [2.05, 4.69) is 22.4 Å². The molecule has 6 heteroatoms. The summed E-state index contributed by atoms with van der Waals surface area (Å²) in [5, 5.41) is 3.77. The van der Waals surface area contributed by atoms with E-state index >= 15 is 0 Å². The maximum atomic E-state index is 10.5. The van der Waals surface area contributed by atoms with Crippen molar-refractivity contribution < 1.29 is 19.0 Å². The fraction of sp³-hybridized carbons (Fsp3) is 0.455. The quantitative estimate of drug-likeness (QED) is 0.657. The number of anilines is 1. The van der Waals surface area contributed by atoms with E-state index in [1.807, 2.05) is 18.2 Å². The largest absolute Gasteiger partial charge is 0.493 e. The van der Waals surface area contributed by atoms with Crippen LogP contribution in [-0.4, -0.2) is 32.1 Å². The molecule has 1 aliphatic carbocycles. The molecule has 1 aromatic carbocycles. The molecule has 28 heavy (non-hydrogen) atoms. The minimum atomic E-state index is -0.180. The molecule has 0 atom stereocenters. The molecule has 150 valence electrons. The van der Waals surface area contributed by atoms with Crippen molar-refractivity contribution in [3.8, 4) is 11.5 Å². The summed E-state index contributed by atoms with van der Waals surface area (Å²) in [6.45, 7) is 0.466. The van der Waals surface area contributed by atoms with Gasteiger partial charge in [-0.05, 0) is 36.6 Å². The van der Waals surface area contributed by atoms with E-state index in [1.54, 1.807) is 20.4 Å². The van der Waals surface area contributed by atoms with Gasteiger partial charge in [-0.1, -0.05) is 31.4 Å². The normalized spacial score (nSPS) is 15.6. The fourth-order valence-corrected chi connectivity index (χ4v) is 3.96. The minimum Gasteiger partial charge on any atom is -0.493 e. The average molecular weight is 384 g/mol. The number of hydrogen-bond acceptors (Lipinski definition) is 6. The second-order valence-electron chi connectivity index (χ2n) is 7.04. The Hall–Kier alpha value is -2.60. The second-order valence-corrected chi connectivity index (χ2v) is 7.04. The Labute approximate surface area is 166 Å². The Morgan fingerprint density at radius 2 is 1.86 bits per heavy atom. The number of nitrogens with zero attached hydrogens (tertiary/aromatic N) is 1. The summed E-state index contributed by atoms with van der Waals surface area (Å²) in [6.07, 6.45) is 8.17. The van der Waals surface area contributed by atoms with Gasteiger partial charge in [0.15, 0.2) is 12.0 Å². The zero-order chi connectivity index (χ0) is 19.8. The Kier molecular flexibility index (Phi) is 6.87. The van der Waals surface area contributed by atoms with E-state index in [0.29, 0.717) is 12.4 Å². The number of methoxy groups -OCH3 is 2. The first-order valence-electron chi connectivity index (χ1n) is 9.68. The topological polar surface area (TPSA) is 69.7 Å². The molecule has 1 fully saturated rings. The molecule has 1 N–H and O–H groups in total. The number of benzene rings is 1. The fourth-order valence-electron chi connectivity index (χ4n) is 3.96. The lowest BCUT2D eigenvalue weighted by Gasteiger charge is -2.40. The molecule has 6 nitrogen and oxygen atoms in total. The van der Waals surface area contributed by atoms with Gasteiger partial charge in [0.05, 0.1) is 24.9 Å². The van der Waals surface area contributed by atoms with Gasteiger partial charge >= 0.3 is 0 Å². The third kappa shape index (κ3) is 4.44. The summed E-state index contributed by atoms with van der Waals surface area (Å²) in [5.74, 6) is 1.42. The molecule has 0 amide bonds. The maximum Gasteiger partial charge on any atom is 0.165 e. The summed E-state index contributed by atoms with van der Waals surface area (Å²) in [7, 11) is 3.31. The molecular weight excluding hydrogens is 356 g/mol. The zero-order valence-corrected chi connectivity index (χ0v) is 16.6. The molecular formula is C22H28N2O4. The summed E-state index contributed by atoms with van der Waals surface area (Å²) in [4.78, 5) is 14.9. The van der Waals surface area contributed by atoms with Crippen molar-refractivity contribution in [1.29, 1.82) is 0 Å². The van der Waals surface area contributed by atoms with E-state index in [4.69, 9.17) is 14.2 Å². The number of carbonyl (C=O) groups is 1. The summed E-state index contributed by atoms with van der Waals surface area (Å²) in [6, 6.07) is 9.98. The summed E-state index contributed by atoms with van der Waals surface area (Å²) in [5.41, 5.74) is 2.73. The molecule has 0 spiro atoms. The number of carbonyl (C=O) groups excluding carboxylic acids is 1. The van der Waals surface area contributed by atoms with Gasteiger partial charge < -0.3 is 19.5 Å².